The van der Waals surface area contributed by atoms with Gasteiger partial charge in [-0.05, 0) is 138 Å². The second-order valence-corrected chi connectivity index (χ2v) is 15.3. The smallest absolute Gasteiger partial charge is 0.0468 e. The van der Waals surface area contributed by atoms with Crippen molar-refractivity contribution in [1.82, 2.24) is 0 Å². The molecule has 2 heteroatoms. The predicted octanol–water partition coefficient (Wildman–Crippen LogP) is 16.6. The van der Waals surface area contributed by atoms with Crippen LogP contribution in [0.1, 0.15) is 0 Å². The van der Waals surface area contributed by atoms with Crippen molar-refractivity contribution in [3.05, 3.63) is 243 Å². The zero-order chi connectivity index (χ0) is 39.8. The van der Waals surface area contributed by atoms with Gasteiger partial charge in [-0.2, -0.15) is 0 Å². The van der Waals surface area contributed by atoms with E-state index in [2.05, 4.69) is 252 Å². The van der Waals surface area contributed by atoms with Gasteiger partial charge >= 0.3 is 0 Å². The van der Waals surface area contributed by atoms with Gasteiger partial charge in [0.05, 0.1) is 0 Å². The highest BCUT2D eigenvalue weighted by molar-refractivity contribution is 6.26. The Kier molecular flexibility index (Phi) is 8.87. The van der Waals surface area contributed by atoms with Crippen LogP contribution in [0.4, 0.5) is 34.1 Å². The first-order valence-electron chi connectivity index (χ1n) is 20.6. The topological polar surface area (TPSA) is 6.48 Å². The van der Waals surface area contributed by atoms with Gasteiger partial charge in [0.2, 0.25) is 0 Å². The molecule has 0 aliphatic rings. The van der Waals surface area contributed by atoms with E-state index in [4.69, 9.17) is 0 Å². The lowest BCUT2D eigenvalue weighted by Gasteiger charge is -2.28. The molecule has 0 amide bonds. The fourth-order valence-electron chi connectivity index (χ4n) is 9.15. The molecule has 0 atom stereocenters. The largest absolute Gasteiger partial charge is 0.310 e. The molecule has 2 nitrogen and oxygen atoms in total. The lowest BCUT2D eigenvalue weighted by Crippen LogP contribution is -2.10. The van der Waals surface area contributed by atoms with Crippen molar-refractivity contribution in [1.29, 1.82) is 0 Å². The van der Waals surface area contributed by atoms with Crippen molar-refractivity contribution in [2.24, 2.45) is 0 Å². The van der Waals surface area contributed by atoms with E-state index in [1.165, 1.54) is 65.3 Å². The van der Waals surface area contributed by atoms with Gasteiger partial charge in [-0.3, -0.25) is 0 Å². The minimum absolute atomic E-state index is 1.10. The molecule has 0 heterocycles. The fourth-order valence-corrected chi connectivity index (χ4v) is 9.15. The number of para-hydroxylation sites is 4. The number of hydrogen-bond donors (Lipinski definition) is 0. The summed E-state index contributed by atoms with van der Waals surface area (Å²) in [5, 5.41) is 9.71. The molecule has 0 fully saturated rings. The molecule has 0 radical (unpaired) electrons. The molecular weight excluding hydrogens is 725 g/mol. The Balaban J connectivity index is 1.30. The number of anilines is 6. The summed E-state index contributed by atoms with van der Waals surface area (Å²) >= 11 is 0. The van der Waals surface area contributed by atoms with E-state index in [1.54, 1.807) is 0 Å². The Labute approximate surface area is 350 Å². The van der Waals surface area contributed by atoms with Crippen LogP contribution in [0.2, 0.25) is 0 Å². The maximum atomic E-state index is 2.43. The van der Waals surface area contributed by atoms with E-state index in [1.807, 2.05) is 0 Å². The molecule has 0 aromatic heterocycles. The van der Waals surface area contributed by atoms with E-state index in [-0.39, 0.29) is 0 Å². The Morgan fingerprint density at radius 2 is 0.517 bits per heavy atom. The summed E-state index contributed by atoms with van der Waals surface area (Å²) in [7, 11) is 0. The molecule has 60 heavy (non-hydrogen) atoms. The first-order chi connectivity index (χ1) is 29.8. The predicted molar refractivity (Wildman–Crippen MR) is 257 cm³/mol. The van der Waals surface area contributed by atoms with Crippen LogP contribution in [-0.2, 0) is 0 Å². The minimum Gasteiger partial charge on any atom is -0.310 e. The van der Waals surface area contributed by atoms with Crippen LogP contribution in [0.25, 0.3) is 65.3 Å². The third kappa shape index (κ3) is 6.14. The van der Waals surface area contributed by atoms with Crippen molar-refractivity contribution in [2.45, 2.75) is 0 Å². The molecule has 11 aromatic rings. The monoisotopic (exact) mass is 764 g/mol. The molecule has 11 aromatic carbocycles. The average molecular weight is 765 g/mol. The molecule has 0 spiro atoms. The van der Waals surface area contributed by atoms with Crippen LogP contribution < -0.4 is 9.80 Å². The fraction of sp³-hybridized carbons (Fsp3) is 0. The number of fused-ring (bicyclic) bond motifs is 4. The highest BCUT2D eigenvalue weighted by Crippen LogP contribution is 2.50. The van der Waals surface area contributed by atoms with Crippen LogP contribution in [-0.4, -0.2) is 0 Å². The molecule has 0 aliphatic heterocycles. The molecule has 0 N–H and O–H groups in total. The number of nitrogens with zero attached hydrogens (tertiary/aromatic N) is 2. The summed E-state index contributed by atoms with van der Waals surface area (Å²) in [5.74, 6) is 0. The second-order valence-electron chi connectivity index (χ2n) is 15.3. The average Bonchev–Trinajstić information content (AvgIpc) is 3.32. The quantitative estimate of drug-likeness (QED) is 0.142. The van der Waals surface area contributed by atoms with E-state index in [0.29, 0.717) is 0 Å². The third-order valence-corrected chi connectivity index (χ3v) is 11.8. The van der Waals surface area contributed by atoms with Crippen LogP contribution in [0, 0.1) is 0 Å². The Morgan fingerprint density at radius 3 is 0.883 bits per heavy atom. The van der Waals surface area contributed by atoms with Crippen molar-refractivity contribution < 1.29 is 0 Å². The van der Waals surface area contributed by atoms with Crippen LogP contribution in [0.15, 0.2) is 243 Å². The van der Waals surface area contributed by atoms with E-state index < -0.39 is 0 Å². The van der Waals surface area contributed by atoms with Gasteiger partial charge in [-0.15, -0.1) is 0 Å². The first-order valence-corrected chi connectivity index (χ1v) is 20.6. The number of hydrogen-bond acceptors (Lipinski definition) is 2. The highest BCUT2D eigenvalue weighted by Gasteiger charge is 2.23. The van der Waals surface area contributed by atoms with Gasteiger partial charge < -0.3 is 9.80 Å². The third-order valence-electron chi connectivity index (χ3n) is 11.8. The Morgan fingerprint density at radius 1 is 0.200 bits per heavy atom. The van der Waals surface area contributed by atoms with Gasteiger partial charge in [0, 0.05) is 34.1 Å². The molecule has 0 aliphatic carbocycles. The van der Waals surface area contributed by atoms with Crippen molar-refractivity contribution in [2.75, 3.05) is 9.80 Å². The first kappa shape index (κ1) is 35.2. The van der Waals surface area contributed by atoms with E-state index >= 15 is 0 Å². The SMILES string of the molecule is c1ccc(N(c2ccccc2)c2ccc3c(-c4cccc5ccccc45)c4cc(N(c5ccccc5)c5ccccc5)ccc4c(-c4cccc5ccccc45)c3c2)cc1. The number of rotatable bonds is 8. The summed E-state index contributed by atoms with van der Waals surface area (Å²) in [6.45, 7) is 0. The standard InChI is InChI=1S/C58H40N2/c1-5-23-43(24-6-1)59(44-25-7-2-8-26-44)47-35-37-53-55(39-47)57(51-33-17-21-41-19-13-15-31-49(41)51)54-38-36-48(60(45-27-9-3-10-28-45)46-29-11-4-12-30-46)40-56(54)58(53)52-34-18-22-42-20-14-16-32-50(42)52/h1-40H. The van der Waals surface area contributed by atoms with Crippen molar-refractivity contribution >= 4 is 77.2 Å². The summed E-state index contributed by atoms with van der Waals surface area (Å²) in [5.41, 5.74) is 11.5. The van der Waals surface area contributed by atoms with Gasteiger partial charge in [-0.25, -0.2) is 0 Å². The second kappa shape index (κ2) is 15.1. The van der Waals surface area contributed by atoms with Crippen molar-refractivity contribution in [3.8, 4) is 22.3 Å². The summed E-state index contributed by atoms with van der Waals surface area (Å²) in [4.78, 5) is 4.74. The molecule has 0 bridgehead atoms. The van der Waals surface area contributed by atoms with E-state index in [9.17, 15) is 0 Å². The highest BCUT2D eigenvalue weighted by atomic mass is 15.1. The molecule has 0 saturated carbocycles. The van der Waals surface area contributed by atoms with Crippen LogP contribution in [0.5, 0.6) is 0 Å². The number of benzene rings is 11. The van der Waals surface area contributed by atoms with Crippen LogP contribution >= 0.6 is 0 Å². The zero-order valence-corrected chi connectivity index (χ0v) is 33.0. The van der Waals surface area contributed by atoms with Gasteiger partial charge in [0.1, 0.15) is 0 Å². The Bertz CT molecular complexity index is 2990. The summed E-state index contributed by atoms with van der Waals surface area (Å²) in [6, 6.07) is 88.1. The summed E-state index contributed by atoms with van der Waals surface area (Å²) < 4.78 is 0. The molecule has 282 valence electrons. The molecular formula is C58H40N2. The van der Waals surface area contributed by atoms with E-state index in [0.717, 1.165) is 34.1 Å². The van der Waals surface area contributed by atoms with Gasteiger partial charge in [-0.1, -0.05) is 170 Å². The molecule has 0 saturated heterocycles. The maximum Gasteiger partial charge on any atom is 0.0468 e. The summed E-state index contributed by atoms with van der Waals surface area (Å²) in [6.07, 6.45) is 0. The zero-order valence-electron chi connectivity index (χ0n) is 33.0. The molecule has 11 rings (SSSR count). The lowest BCUT2D eigenvalue weighted by molar-refractivity contribution is 1.29. The van der Waals surface area contributed by atoms with Gasteiger partial charge in [0.15, 0.2) is 0 Å². The minimum atomic E-state index is 1.10. The maximum absolute atomic E-state index is 2.43. The lowest BCUT2D eigenvalue weighted by atomic mass is 9.83. The Hall–Kier alpha value is -7.94. The normalized spacial score (nSPS) is 11.3. The molecule has 0 unspecified atom stereocenters. The van der Waals surface area contributed by atoms with Gasteiger partial charge in [0.25, 0.3) is 0 Å². The van der Waals surface area contributed by atoms with Crippen LogP contribution in [0.3, 0.4) is 0 Å². The van der Waals surface area contributed by atoms with Crippen molar-refractivity contribution in [3.63, 3.8) is 0 Å².